The summed E-state index contributed by atoms with van der Waals surface area (Å²) in [5.74, 6) is -0.377. The number of aryl methyl sites for hydroxylation is 1. The zero-order valence-electron chi connectivity index (χ0n) is 11.2. The third kappa shape index (κ3) is 4.06. The minimum Gasteiger partial charge on any atom is -0.507 e. The summed E-state index contributed by atoms with van der Waals surface area (Å²) in [6.45, 7) is 4.24. The minimum atomic E-state index is -0.453. The number of hydrogen-bond acceptors (Lipinski definition) is 3. The molecule has 3 heteroatoms. The first-order valence-electron chi connectivity index (χ1n) is 6.68. The van der Waals surface area contributed by atoms with Crippen LogP contribution in [0.15, 0.2) is 18.2 Å². The molecule has 0 bridgehead atoms. The number of unbranched alkanes of at least 4 members (excludes halogenated alkanes) is 3. The van der Waals surface area contributed by atoms with Gasteiger partial charge in [-0.25, -0.2) is 4.79 Å². The van der Waals surface area contributed by atoms with Crippen LogP contribution in [-0.4, -0.2) is 17.7 Å². The Bertz CT molecular complexity index is 385. The second-order valence-corrected chi connectivity index (χ2v) is 4.34. The molecule has 0 aliphatic rings. The summed E-state index contributed by atoms with van der Waals surface area (Å²) in [5.41, 5.74) is 1.10. The Labute approximate surface area is 109 Å². The lowest BCUT2D eigenvalue weighted by Gasteiger charge is -2.09. The highest BCUT2D eigenvalue weighted by atomic mass is 16.5. The number of rotatable bonds is 7. The van der Waals surface area contributed by atoms with Crippen molar-refractivity contribution in [3.05, 3.63) is 29.3 Å². The van der Waals surface area contributed by atoms with Crippen molar-refractivity contribution in [2.75, 3.05) is 6.61 Å². The number of hydrogen-bond donors (Lipinski definition) is 1. The Balaban J connectivity index is 2.69. The van der Waals surface area contributed by atoms with Gasteiger partial charge in [0, 0.05) is 0 Å². The molecule has 0 spiro atoms. The maximum atomic E-state index is 11.6. The zero-order valence-corrected chi connectivity index (χ0v) is 11.2. The van der Waals surface area contributed by atoms with Crippen molar-refractivity contribution in [2.24, 2.45) is 0 Å². The number of benzene rings is 1. The smallest absolute Gasteiger partial charge is 0.341 e. The van der Waals surface area contributed by atoms with Crippen LogP contribution in [0.25, 0.3) is 0 Å². The van der Waals surface area contributed by atoms with E-state index in [1.807, 2.05) is 6.07 Å². The first-order chi connectivity index (χ1) is 8.70. The van der Waals surface area contributed by atoms with Gasteiger partial charge in [-0.1, -0.05) is 38.3 Å². The SMILES string of the molecule is CCCCCCc1cccc(C(=O)OCC)c1O. The summed E-state index contributed by atoms with van der Waals surface area (Å²) >= 11 is 0. The number of carbonyl (C=O) groups excluding carboxylic acids is 1. The van der Waals surface area contributed by atoms with Crippen LogP contribution in [-0.2, 0) is 11.2 Å². The maximum Gasteiger partial charge on any atom is 0.341 e. The minimum absolute atomic E-state index is 0.0763. The average Bonchev–Trinajstić information content (AvgIpc) is 2.36. The van der Waals surface area contributed by atoms with Gasteiger partial charge >= 0.3 is 5.97 Å². The summed E-state index contributed by atoms with van der Waals surface area (Å²) in [6.07, 6.45) is 5.39. The molecule has 0 aromatic heterocycles. The summed E-state index contributed by atoms with van der Waals surface area (Å²) in [7, 11) is 0. The molecular formula is C15H22O3. The van der Waals surface area contributed by atoms with Crippen LogP contribution in [0.3, 0.4) is 0 Å². The van der Waals surface area contributed by atoms with E-state index >= 15 is 0 Å². The van der Waals surface area contributed by atoms with E-state index in [2.05, 4.69) is 6.92 Å². The van der Waals surface area contributed by atoms with E-state index in [1.54, 1.807) is 19.1 Å². The fourth-order valence-electron chi connectivity index (χ4n) is 1.91. The Morgan fingerprint density at radius 2 is 2.00 bits per heavy atom. The van der Waals surface area contributed by atoms with Gasteiger partial charge in [0.15, 0.2) is 0 Å². The predicted molar refractivity (Wildman–Crippen MR) is 71.9 cm³/mol. The number of carbonyl (C=O) groups is 1. The van der Waals surface area contributed by atoms with Crippen molar-refractivity contribution in [1.82, 2.24) is 0 Å². The van der Waals surface area contributed by atoms with E-state index in [1.165, 1.54) is 12.8 Å². The van der Waals surface area contributed by atoms with E-state index < -0.39 is 5.97 Å². The van der Waals surface area contributed by atoms with Crippen LogP contribution in [0.5, 0.6) is 5.75 Å². The average molecular weight is 250 g/mol. The van der Waals surface area contributed by atoms with E-state index in [9.17, 15) is 9.90 Å². The number of phenolic OH excluding ortho intramolecular Hbond substituents is 1. The van der Waals surface area contributed by atoms with Gasteiger partial charge in [-0.05, 0) is 31.4 Å². The lowest BCUT2D eigenvalue weighted by molar-refractivity contribution is 0.0523. The summed E-state index contributed by atoms with van der Waals surface area (Å²) in [5, 5.41) is 10.0. The van der Waals surface area contributed by atoms with Gasteiger partial charge in [0.25, 0.3) is 0 Å². The number of phenols is 1. The molecule has 0 heterocycles. The first-order valence-corrected chi connectivity index (χ1v) is 6.68. The first kappa shape index (κ1) is 14.6. The Morgan fingerprint density at radius 1 is 1.22 bits per heavy atom. The van der Waals surface area contributed by atoms with E-state index in [0.29, 0.717) is 6.61 Å². The molecule has 1 aromatic carbocycles. The number of esters is 1. The lowest BCUT2D eigenvalue weighted by atomic mass is 10.0. The van der Waals surface area contributed by atoms with E-state index in [-0.39, 0.29) is 11.3 Å². The number of para-hydroxylation sites is 1. The largest absolute Gasteiger partial charge is 0.507 e. The second kappa shape index (κ2) is 7.75. The van der Waals surface area contributed by atoms with Crippen LogP contribution in [0.4, 0.5) is 0 Å². The molecule has 0 atom stereocenters. The lowest BCUT2D eigenvalue weighted by Crippen LogP contribution is -2.05. The maximum absolute atomic E-state index is 11.6. The van der Waals surface area contributed by atoms with Crippen LogP contribution in [0.2, 0.25) is 0 Å². The molecule has 1 N–H and O–H groups in total. The van der Waals surface area contributed by atoms with Gasteiger partial charge in [-0.3, -0.25) is 0 Å². The molecular weight excluding hydrogens is 228 g/mol. The molecule has 3 nitrogen and oxygen atoms in total. The number of ether oxygens (including phenoxy) is 1. The topological polar surface area (TPSA) is 46.5 Å². The van der Waals surface area contributed by atoms with Crippen LogP contribution in [0, 0.1) is 0 Å². The van der Waals surface area contributed by atoms with Crippen LogP contribution < -0.4 is 0 Å². The van der Waals surface area contributed by atoms with E-state index in [4.69, 9.17) is 4.74 Å². The van der Waals surface area contributed by atoms with Gasteiger partial charge in [0.2, 0.25) is 0 Å². The van der Waals surface area contributed by atoms with Gasteiger partial charge < -0.3 is 9.84 Å². The quantitative estimate of drug-likeness (QED) is 0.593. The molecule has 0 unspecified atom stereocenters. The highest BCUT2D eigenvalue weighted by Gasteiger charge is 2.14. The van der Waals surface area contributed by atoms with Gasteiger partial charge in [0.05, 0.1) is 6.61 Å². The monoisotopic (exact) mass is 250 g/mol. The van der Waals surface area contributed by atoms with E-state index in [0.717, 1.165) is 24.8 Å². The van der Waals surface area contributed by atoms with Gasteiger partial charge in [0.1, 0.15) is 11.3 Å². The third-order valence-corrected chi connectivity index (χ3v) is 2.91. The van der Waals surface area contributed by atoms with Crippen molar-refractivity contribution in [1.29, 1.82) is 0 Å². The third-order valence-electron chi connectivity index (χ3n) is 2.91. The highest BCUT2D eigenvalue weighted by molar-refractivity contribution is 5.92. The Morgan fingerprint density at radius 3 is 2.67 bits per heavy atom. The molecule has 0 aliphatic carbocycles. The fraction of sp³-hybridized carbons (Fsp3) is 0.533. The summed E-state index contributed by atoms with van der Waals surface area (Å²) in [4.78, 5) is 11.6. The predicted octanol–water partition coefficient (Wildman–Crippen LogP) is 3.69. The molecule has 1 rings (SSSR count). The standard InChI is InChI=1S/C15H22O3/c1-3-5-6-7-9-12-10-8-11-13(14(12)16)15(17)18-4-2/h8,10-11,16H,3-7,9H2,1-2H3. The molecule has 0 fully saturated rings. The van der Waals surface area contributed by atoms with Crippen molar-refractivity contribution in [3.63, 3.8) is 0 Å². The van der Waals surface area contributed by atoms with Crippen molar-refractivity contribution in [2.45, 2.75) is 46.0 Å². The Hall–Kier alpha value is -1.51. The molecule has 0 saturated carbocycles. The Kier molecular flexibility index (Phi) is 6.26. The number of aromatic hydroxyl groups is 1. The molecule has 18 heavy (non-hydrogen) atoms. The van der Waals surface area contributed by atoms with Gasteiger partial charge in [-0.2, -0.15) is 0 Å². The van der Waals surface area contributed by atoms with Crippen LogP contribution >= 0.6 is 0 Å². The van der Waals surface area contributed by atoms with Crippen molar-refractivity contribution >= 4 is 5.97 Å². The highest BCUT2D eigenvalue weighted by Crippen LogP contribution is 2.25. The van der Waals surface area contributed by atoms with Crippen molar-refractivity contribution < 1.29 is 14.6 Å². The molecule has 0 saturated heterocycles. The molecule has 1 aromatic rings. The molecule has 0 radical (unpaired) electrons. The molecule has 0 amide bonds. The summed E-state index contributed by atoms with van der Waals surface area (Å²) < 4.78 is 4.91. The fourth-order valence-corrected chi connectivity index (χ4v) is 1.91. The molecule has 0 aliphatic heterocycles. The van der Waals surface area contributed by atoms with Crippen molar-refractivity contribution in [3.8, 4) is 5.75 Å². The molecule has 100 valence electrons. The zero-order chi connectivity index (χ0) is 13.4. The normalized spacial score (nSPS) is 10.3. The van der Waals surface area contributed by atoms with Gasteiger partial charge in [-0.15, -0.1) is 0 Å². The van der Waals surface area contributed by atoms with Crippen LogP contribution in [0.1, 0.15) is 55.5 Å². The summed E-state index contributed by atoms with van der Waals surface area (Å²) in [6, 6.07) is 5.26. The second-order valence-electron chi connectivity index (χ2n) is 4.34.